The van der Waals surface area contributed by atoms with Crippen molar-refractivity contribution in [2.24, 2.45) is 10.7 Å². The molecule has 1 heterocycles. The second-order valence-electron chi connectivity index (χ2n) is 7.51. The van der Waals surface area contributed by atoms with Crippen LogP contribution in [0.3, 0.4) is 0 Å². The number of amides is 1. The summed E-state index contributed by atoms with van der Waals surface area (Å²) in [4.78, 5) is 21.3. The smallest absolute Gasteiger partial charge is 0.233 e. The lowest BCUT2D eigenvalue weighted by Gasteiger charge is -2.26. The van der Waals surface area contributed by atoms with E-state index in [-0.39, 0.29) is 18.4 Å². The van der Waals surface area contributed by atoms with E-state index in [4.69, 9.17) is 10.5 Å². The Morgan fingerprint density at radius 2 is 2.03 bits per heavy atom. The van der Waals surface area contributed by atoms with E-state index in [0.29, 0.717) is 18.3 Å². The SMILES string of the molecule is C=C(N=C1/C(=C\N)CC(=O)N1C(CC)CC)Nc1cccc(OCCN(CC)CC)c1. The number of ether oxygens (including phenoxy) is 1. The van der Waals surface area contributed by atoms with Crippen molar-refractivity contribution in [2.45, 2.75) is 53.0 Å². The summed E-state index contributed by atoms with van der Waals surface area (Å²) < 4.78 is 5.90. The van der Waals surface area contributed by atoms with Crippen LogP contribution in [0.25, 0.3) is 0 Å². The monoisotopic (exact) mass is 427 g/mol. The number of rotatable bonds is 12. The van der Waals surface area contributed by atoms with Crippen LogP contribution in [0.4, 0.5) is 5.69 Å². The average molecular weight is 428 g/mol. The first kappa shape index (κ1) is 24.5. The number of nitrogens with one attached hydrogen (secondary N) is 1. The van der Waals surface area contributed by atoms with E-state index in [9.17, 15) is 4.79 Å². The summed E-state index contributed by atoms with van der Waals surface area (Å²) in [6, 6.07) is 7.81. The molecule has 0 radical (unpaired) electrons. The van der Waals surface area contributed by atoms with Crippen LogP contribution < -0.4 is 15.8 Å². The lowest BCUT2D eigenvalue weighted by atomic mass is 10.1. The normalized spacial score (nSPS) is 16.7. The first-order valence-corrected chi connectivity index (χ1v) is 11.2. The van der Waals surface area contributed by atoms with Crippen LogP contribution in [0.15, 0.2) is 53.4 Å². The molecule has 170 valence electrons. The minimum Gasteiger partial charge on any atom is -0.492 e. The van der Waals surface area contributed by atoms with Gasteiger partial charge in [-0.3, -0.25) is 9.69 Å². The van der Waals surface area contributed by atoms with Gasteiger partial charge in [-0.1, -0.05) is 40.3 Å². The number of carbonyl (C=O) groups excluding carboxylic acids is 1. The predicted molar refractivity (Wildman–Crippen MR) is 128 cm³/mol. The molecule has 0 atom stereocenters. The molecule has 1 aliphatic heterocycles. The molecule has 3 N–H and O–H groups in total. The lowest BCUT2D eigenvalue weighted by Crippen LogP contribution is -2.39. The minimum atomic E-state index is 0.0283. The number of nitrogens with two attached hydrogens (primary N) is 1. The van der Waals surface area contributed by atoms with E-state index < -0.39 is 0 Å². The maximum absolute atomic E-state index is 12.6. The Labute approximate surface area is 186 Å². The number of likely N-dealkylation sites (tertiary alicyclic amines) is 1. The molecule has 0 saturated carbocycles. The molecule has 1 saturated heterocycles. The molecule has 0 bridgehead atoms. The van der Waals surface area contributed by atoms with Crippen LogP contribution in [0, 0.1) is 0 Å². The molecule has 7 nitrogen and oxygen atoms in total. The van der Waals surface area contributed by atoms with Crippen molar-refractivity contribution in [3.05, 3.63) is 48.4 Å². The number of carbonyl (C=O) groups is 1. The van der Waals surface area contributed by atoms with Gasteiger partial charge in [0.05, 0.1) is 6.42 Å². The van der Waals surface area contributed by atoms with Crippen LogP contribution in [-0.2, 0) is 4.79 Å². The first-order valence-electron chi connectivity index (χ1n) is 11.2. The highest BCUT2D eigenvalue weighted by molar-refractivity contribution is 6.16. The second kappa shape index (κ2) is 12.2. The van der Waals surface area contributed by atoms with E-state index in [1.807, 2.05) is 24.3 Å². The fourth-order valence-corrected chi connectivity index (χ4v) is 3.71. The number of anilines is 1. The number of amidine groups is 1. The Bertz CT molecular complexity index is 810. The maximum Gasteiger partial charge on any atom is 0.233 e. The van der Waals surface area contributed by atoms with Crippen LogP contribution >= 0.6 is 0 Å². The third-order valence-corrected chi connectivity index (χ3v) is 5.57. The van der Waals surface area contributed by atoms with Crippen LogP contribution in [0.2, 0.25) is 0 Å². The molecular formula is C24H37N5O2. The number of aliphatic imine (C=N–C) groups is 1. The zero-order valence-corrected chi connectivity index (χ0v) is 19.4. The molecule has 0 spiro atoms. The van der Waals surface area contributed by atoms with Gasteiger partial charge in [-0.15, -0.1) is 0 Å². The summed E-state index contributed by atoms with van der Waals surface area (Å²) >= 11 is 0. The molecule has 1 aliphatic rings. The molecule has 7 heteroatoms. The van der Waals surface area contributed by atoms with E-state index in [1.54, 1.807) is 4.90 Å². The van der Waals surface area contributed by atoms with Crippen molar-refractivity contribution in [3.8, 4) is 5.75 Å². The predicted octanol–water partition coefficient (Wildman–Crippen LogP) is 3.95. The molecule has 1 aromatic carbocycles. The Balaban J connectivity index is 2.09. The zero-order chi connectivity index (χ0) is 22.8. The highest BCUT2D eigenvalue weighted by atomic mass is 16.5. The number of nitrogens with zero attached hydrogens (tertiary/aromatic N) is 3. The maximum atomic E-state index is 12.6. The summed E-state index contributed by atoms with van der Waals surface area (Å²) in [6.07, 6.45) is 3.45. The molecule has 1 aromatic rings. The van der Waals surface area contributed by atoms with Crippen molar-refractivity contribution in [2.75, 3.05) is 31.6 Å². The largest absolute Gasteiger partial charge is 0.492 e. The van der Waals surface area contributed by atoms with Gasteiger partial charge in [0.2, 0.25) is 5.91 Å². The standard InChI is InChI=1S/C24H37N5O2/c1-6-21(7-2)29-23(30)15-19(17-25)24(29)27-18(5)26-20-11-10-12-22(16-20)31-14-13-28(8-3)9-4/h10-12,16-17,21,26H,5-9,13-15,25H2,1-4H3/b19-17-,27-24?. The van der Waals surface area contributed by atoms with Gasteiger partial charge in [0.1, 0.15) is 24.0 Å². The highest BCUT2D eigenvalue weighted by Gasteiger charge is 2.35. The third-order valence-electron chi connectivity index (χ3n) is 5.57. The van der Waals surface area contributed by atoms with Gasteiger partial charge in [-0.2, -0.15) is 0 Å². The number of benzene rings is 1. The zero-order valence-electron chi connectivity index (χ0n) is 19.4. The van der Waals surface area contributed by atoms with E-state index in [2.05, 4.69) is 49.5 Å². The van der Waals surface area contributed by atoms with Crippen molar-refractivity contribution >= 4 is 17.4 Å². The Kier molecular flexibility index (Phi) is 9.59. The summed E-state index contributed by atoms with van der Waals surface area (Å²) in [5.41, 5.74) is 7.33. The van der Waals surface area contributed by atoms with Crippen LogP contribution in [0.5, 0.6) is 5.75 Å². The number of likely N-dealkylation sites (N-methyl/N-ethyl adjacent to an activating group) is 1. The van der Waals surface area contributed by atoms with Gasteiger partial charge in [0.25, 0.3) is 0 Å². The second-order valence-corrected chi connectivity index (χ2v) is 7.51. The highest BCUT2D eigenvalue weighted by Crippen LogP contribution is 2.26. The van der Waals surface area contributed by atoms with Gasteiger partial charge in [-0.25, -0.2) is 4.99 Å². The van der Waals surface area contributed by atoms with E-state index >= 15 is 0 Å². The molecule has 31 heavy (non-hydrogen) atoms. The molecule has 1 fully saturated rings. The van der Waals surface area contributed by atoms with Crippen molar-refractivity contribution < 1.29 is 9.53 Å². The van der Waals surface area contributed by atoms with Crippen molar-refractivity contribution in [3.63, 3.8) is 0 Å². The fourth-order valence-electron chi connectivity index (χ4n) is 3.71. The third kappa shape index (κ3) is 6.59. The van der Waals surface area contributed by atoms with Gasteiger partial charge in [-0.05, 0) is 38.1 Å². The van der Waals surface area contributed by atoms with Crippen LogP contribution in [0.1, 0.15) is 47.0 Å². The summed E-state index contributed by atoms with van der Waals surface area (Å²) in [5, 5.41) is 3.21. The van der Waals surface area contributed by atoms with Crippen LogP contribution in [-0.4, -0.2) is 53.8 Å². The van der Waals surface area contributed by atoms with E-state index in [0.717, 1.165) is 49.5 Å². The summed E-state index contributed by atoms with van der Waals surface area (Å²) in [7, 11) is 0. The molecule has 0 aliphatic carbocycles. The minimum absolute atomic E-state index is 0.0283. The van der Waals surface area contributed by atoms with Crippen molar-refractivity contribution in [1.29, 1.82) is 0 Å². The lowest BCUT2D eigenvalue weighted by molar-refractivity contribution is -0.127. The van der Waals surface area contributed by atoms with Gasteiger partial charge < -0.3 is 20.7 Å². The topological polar surface area (TPSA) is 83.2 Å². The van der Waals surface area contributed by atoms with E-state index in [1.165, 1.54) is 6.20 Å². The molecule has 0 aromatic heterocycles. The number of hydrogen-bond acceptors (Lipinski definition) is 6. The summed E-state index contributed by atoms with van der Waals surface area (Å²) in [6.45, 7) is 16.0. The quantitative estimate of drug-likeness (QED) is 0.528. The average Bonchev–Trinajstić information content (AvgIpc) is 3.07. The molecular weight excluding hydrogens is 390 g/mol. The van der Waals surface area contributed by atoms with Crippen molar-refractivity contribution in [1.82, 2.24) is 9.80 Å². The Hall–Kier alpha value is -2.80. The molecule has 2 rings (SSSR count). The van der Waals surface area contributed by atoms with Gasteiger partial charge in [0.15, 0.2) is 0 Å². The molecule has 1 amide bonds. The Morgan fingerprint density at radius 3 is 2.65 bits per heavy atom. The number of hydrogen-bond donors (Lipinski definition) is 2. The molecule has 0 unspecified atom stereocenters. The van der Waals surface area contributed by atoms with Gasteiger partial charge in [0, 0.05) is 36.1 Å². The first-order chi connectivity index (χ1) is 15.0. The summed E-state index contributed by atoms with van der Waals surface area (Å²) in [5.74, 6) is 1.85. The van der Waals surface area contributed by atoms with Gasteiger partial charge >= 0.3 is 0 Å². The fraction of sp³-hybridized carbons (Fsp3) is 0.500. The Morgan fingerprint density at radius 1 is 1.32 bits per heavy atom.